The van der Waals surface area contributed by atoms with E-state index in [0.717, 1.165) is 0 Å². The van der Waals surface area contributed by atoms with Gasteiger partial charge in [-0.2, -0.15) is 0 Å². The molecule has 0 fully saturated rings. The maximum absolute atomic E-state index is 12.2. The molecule has 21 heavy (non-hydrogen) atoms. The molecular weight excluding hydrogens is 276 g/mol. The van der Waals surface area contributed by atoms with Gasteiger partial charge in [0.05, 0.1) is 0 Å². The van der Waals surface area contributed by atoms with Gasteiger partial charge < -0.3 is 25.2 Å². The first kappa shape index (κ1) is 13.3. The van der Waals surface area contributed by atoms with E-state index in [-0.39, 0.29) is 28.6 Å². The fourth-order valence-corrected chi connectivity index (χ4v) is 2.27. The molecular formula is C15H12O6. The monoisotopic (exact) mass is 288 g/mol. The summed E-state index contributed by atoms with van der Waals surface area (Å²) in [5, 5.41) is 38.3. The number of phenols is 3. The molecule has 0 amide bonds. The Kier molecular flexibility index (Phi) is 2.95. The number of ketones is 1. The molecule has 6 heteroatoms. The predicted octanol–water partition coefficient (Wildman–Crippen LogP) is 1.54. The van der Waals surface area contributed by atoms with Gasteiger partial charge in [0.25, 0.3) is 0 Å². The number of ether oxygens (including phenoxy) is 1. The van der Waals surface area contributed by atoms with Crippen LogP contribution in [0.15, 0.2) is 36.4 Å². The molecule has 6 nitrogen and oxygen atoms in total. The van der Waals surface area contributed by atoms with Crippen LogP contribution < -0.4 is 4.74 Å². The Morgan fingerprint density at radius 3 is 2.43 bits per heavy atom. The Labute approximate surface area is 119 Å². The minimum Gasteiger partial charge on any atom is -0.508 e. The topological polar surface area (TPSA) is 107 Å². The first-order chi connectivity index (χ1) is 9.97. The third-order valence-electron chi connectivity index (χ3n) is 3.36. The summed E-state index contributed by atoms with van der Waals surface area (Å²) < 4.78 is 5.54. The third kappa shape index (κ3) is 2.15. The van der Waals surface area contributed by atoms with E-state index in [9.17, 15) is 25.2 Å². The van der Waals surface area contributed by atoms with Gasteiger partial charge in [-0.1, -0.05) is 6.07 Å². The third-order valence-corrected chi connectivity index (χ3v) is 3.36. The Morgan fingerprint density at radius 1 is 0.952 bits per heavy atom. The molecule has 0 bridgehead atoms. The molecule has 4 N–H and O–H groups in total. The molecule has 0 saturated heterocycles. The van der Waals surface area contributed by atoms with Gasteiger partial charge >= 0.3 is 0 Å². The number of aliphatic hydroxyl groups excluding tert-OH is 1. The van der Waals surface area contributed by atoms with Gasteiger partial charge in [-0.05, 0) is 30.3 Å². The molecule has 108 valence electrons. The number of benzene rings is 2. The molecule has 1 aliphatic rings. The Bertz CT molecular complexity index is 724. The van der Waals surface area contributed by atoms with E-state index in [4.69, 9.17) is 4.74 Å². The minimum atomic E-state index is -1.43. The lowest BCUT2D eigenvalue weighted by Gasteiger charge is -2.28. The van der Waals surface area contributed by atoms with Gasteiger partial charge in [0, 0.05) is 11.1 Å². The molecule has 1 heterocycles. The lowest BCUT2D eigenvalue weighted by Crippen LogP contribution is -2.29. The number of aromatic hydroxyl groups is 3. The van der Waals surface area contributed by atoms with Crippen molar-refractivity contribution in [2.75, 3.05) is 0 Å². The number of rotatable bonds is 1. The van der Waals surface area contributed by atoms with E-state index < -0.39 is 18.0 Å². The fourth-order valence-electron chi connectivity index (χ4n) is 2.27. The van der Waals surface area contributed by atoms with Crippen LogP contribution in [0.1, 0.15) is 23.3 Å². The largest absolute Gasteiger partial charge is 0.508 e. The highest BCUT2D eigenvalue weighted by Crippen LogP contribution is 2.41. The van der Waals surface area contributed by atoms with Crippen LogP contribution >= 0.6 is 0 Å². The van der Waals surface area contributed by atoms with E-state index >= 15 is 0 Å². The first-order valence-corrected chi connectivity index (χ1v) is 6.20. The van der Waals surface area contributed by atoms with Crippen molar-refractivity contribution in [1.29, 1.82) is 0 Å². The van der Waals surface area contributed by atoms with Crippen molar-refractivity contribution >= 4 is 5.78 Å². The fraction of sp³-hybridized carbons (Fsp3) is 0.133. The van der Waals surface area contributed by atoms with Crippen molar-refractivity contribution in [3.63, 3.8) is 0 Å². The van der Waals surface area contributed by atoms with E-state index in [2.05, 4.69) is 0 Å². The summed E-state index contributed by atoms with van der Waals surface area (Å²) in [5.41, 5.74) is 0.507. The summed E-state index contributed by atoms with van der Waals surface area (Å²) in [5.74, 6) is -1.11. The molecule has 1 aliphatic heterocycles. The van der Waals surface area contributed by atoms with Crippen LogP contribution in [0.25, 0.3) is 0 Å². The van der Waals surface area contributed by atoms with E-state index in [1.165, 1.54) is 36.4 Å². The van der Waals surface area contributed by atoms with Crippen LogP contribution in [0.4, 0.5) is 0 Å². The summed E-state index contributed by atoms with van der Waals surface area (Å²) in [7, 11) is 0. The highest BCUT2D eigenvalue weighted by Gasteiger charge is 2.37. The van der Waals surface area contributed by atoms with Gasteiger partial charge in [-0.3, -0.25) is 4.79 Å². The summed E-state index contributed by atoms with van der Waals surface area (Å²) in [6.07, 6.45) is -2.52. The van der Waals surface area contributed by atoms with Crippen molar-refractivity contribution in [2.24, 2.45) is 0 Å². The molecule has 0 aliphatic carbocycles. The maximum Gasteiger partial charge on any atom is 0.210 e. The van der Waals surface area contributed by atoms with Gasteiger partial charge in [0.1, 0.15) is 17.6 Å². The predicted molar refractivity (Wildman–Crippen MR) is 71.2 cm³/mol. The van der Waals surface area contributed by atoms with Crippen molar-refractivity contribution < 1.29 is 30.0 Å². The average molecular weight is 288 g/mol. The van der Waals surface area contributed by atoms with E-state index in [1.807, 2.05) is 0 Å². The second-order valence-electron chi connectivity index (χ2n) is 4.77. The van der Waals surface area contributed by atoms with Crippen molar-refractivity contribution in [3.8, 4) is 23.0 Å². The van der Waals surface area contributed by atoms with Gasteiger partial charge in [0.15, 0.2) is 17.6 Å². The zero-order valence-corrected chi connectivity index (χ0v) is 10.7. The van der Waals surface area contributed by atoms with Gasteiger partial charge in [-0.25, -0.2) is 0 Å². The first-order valence-electron chi connectivity index (χ1n) is 6.20. The molecule has 0 spiro atoms. The lowest BCUT2D eigenvalue weighted by molar-refractivity contribution is -0.137. The Morgan fingerprint density at radius 2 is 1.71 bits per heavy atom. The summed E-state index contributed by atoms with van der Waals surface area (Å²) in [4.78, 5) is 12.2. The normalized spacial score (nSPS) is 20.7. The van der Waals surface area contributed by atoms with Crippen LogP contribution in [-0.2, 0) is 4.79 Å². The minimum absolute atomic E-state index is 0.0788. The van der Waals surface area contributed by atoms with Crippen LogP contribution in [-0.4, -0.2) is 26.2 Å². The standard InChI is InChI=1S/C15H12O6/c16-8-2-4-12-9(6-8)13(19)14(20)15(21-12)7-1-3-10(17)11(18)5-7/h1-6,13,15-19H/t13?,15-/m1/s1. The number of hydrogen-bond donors (Lipinski definition) is 4. The average Bonchev–Trinajstić information content (AvgIpc) is 2.46. The molecule has 2 aromatic carbocycles. The molecule has 0 aromatic heterocycles. The SMILES string of the molecule is O=C1C(O)c2cc(O)ccc2O[C@@H]1c1ccc(O)c(O)c1. The zero-order chi connectivity index (χ0) is 15.1. The van der Waals surface area contributed by atoms with E-state index in [0.29, 0.717) is 5.56 Å². The van der Waals surface area contributed by atoms with Crippen LogP contribution in [0.3, 0.4) is 0 Å². The zero-order valence-electron chi connectivity index (χ0n) is 10.7. The molecule has 1 unspecified atom stereocenters. The number of fused-ring (bicyclic) bond motifs is 1. The summed E-state index contributed by atoms with van der Waals surface area (Å²) >= 11 is 0. The Balaban J connectivity index is 2.04. The van der Waals surface area contributed by atoms with Crippen molar-refractivity contribution in [2.45, 2.75) is 12.2 Å². The number of carbonyl (C=O) groups excluding carboxylic acids is 1. The van der Waals surface area contributed by atoms with Gasteiger partial charge in [0.2, 0.25) is 5.78 Å². The number of phenolic OH excluding ortho intramolecular Hbond substituents is 3. The number of carbonyl (C=O) groups is 1. The smallest absolute Gasteiger partial charge is 0.210 e. The second-order valence-corrected chi connectivity index (χ2v) is 4.77. The van der Waals surface area contributed by atoms with Crippen LogP contribution in [0, 0.1) is 0 Å². The van der Waals surface area contributed by atoms with Gasteiger partial charge in [-0.15, -0.1) is 0 Å². The summed E-state index contributed by atoms with van der Waals surface area (Å²) in [6, 6.07) is 7.97. The number of aliphatic hydroxyl groups is 1. The van der Waals surface area contributed by atoms with E-state index in [1.54, 1.807) is 0 Å². The molecule has 0 saturated carbocycles. The Hall–Kier alpha value is -2.73. The summed E-state index contributed by atoms with van der Waals surface area (Å²) in [6.45, 7) is 0. The maximum atomic E-state index is 12.2. The molecule has 2 atom stereocenters. The number of hydrogen-bond acceptors (Lipinski definition) is 6. The molecule has 2 aromatic rings. The highest BCUT2D eigenvalue weighted by molar-refractivity contribution is 5.91. The number of Topliss-reactive ketones (excluding diaryl/α,β-unsaturated/α-hetero) is 1. The van der Waals surface area contributed by atoms with Crippen molar-refractivity contribution in [3.05, 3.63) is 47.5 Å². The van der Waals surface area contributed by atoms with Crippen LogP contribution in [0.2, 0.25) is 0 Å². The molecule has 0 radical (unpaired) electrons. The highest BCUT2D eigenvalue weighted by atomic mass is 16.5. The quantitative estimate of drug-likeness (QED) is 0.593. The lowest BCUT2D eigenvalue weighted by atomic mass is 9.93. The van der Waals surface area contributed by atoms with Crippen molar-refractivity contribution in [1.82, 2.24) is 0 Å². The van der Waals surface area contributed by atoms with Crippen LogP contribution in [0.5, 0.6) is 23.0 Å². The second kappa shape index (κ2) is 4.68. The molecule has 3 rings (SSSR count).